The van der Waals surface area contributed by atoms with Gasteiger partial charge in [-0.2, -0.15) is 0 Å². The normalized spacial score (nSPS) is 14.8. The first-order chi connectivity index (χ1) is 12.7. The summed E-state index contributed by atoms with van der Waals surface area (Å²) in [5, 5.41) is 3.03. The Labute approximate surface area is 153 Å². The van der Waals surface area contributed by atoms with E-state index in [-0.39, 0.29) is 5.91 Å². The van der Waals surface area contributed by atoms with Gasteiger partial charge in [-0.25, -0.2) is 4.98 Å². The maximum atomic E-state index is 12.5. The average molecular weight is 356 g/mol. The van der Waals surface area contributed by atoms with Gasteiger partial charge in [-0.15, -0.1) is 0 Å². The van der Waals surface area contributed by atoms with Crippen LogP contribution in [-0.2, 0) is 0 Å². The maximum absolute atomic E-state index is 12.5. The van der Waals surface area contributed by atoms with E-state index in [1.807, 2.05) is 0 Å². The molecule has 2 aromatic rings. The molecule has 0 spiro atoms. The minimum atomic E-state index is -0.142. The predicted octanol–water partition coefficient (Wildman–Crippen LogP) is 2.14. The summed E-state index contributed by atoms with van der Waals surface area (Å²) in [5.74, 6) is 2.24. The summed E-state index contributed by atoms with van der Waals surface area (Å²) in [6.07, 6.45) is 7.19. The number of hydrogen-bond acceptors (Lipinski definition) is 6. The third-order valence-corrected chi connectivity index (χ3v) is 4.69. The molecule has 0 atom stereocenters. The molecule has 1 fully saturated rings. The predicted molar refractivity (Wildman–Crippen MR) is 98.8 cm³/mol. The van der Waals surface area contributed by atoms with E-state index >= 15 is 0 Å². The van der Waals surface area contributed by atoms with Crippen molar-refractivity contribution in [3.8, 4) is 11.5 Å². The van der Waals surface area contributed by atoms with Gasteiger partial charge in [0, 0.05) is 32.0 Å². The Kier molecular flexibility index (Phi) is 5.88. The molecule has 1 aromatic carbocycles. The van der Waals surface area contributed by atoms with E-state index in [1.54, 1.807) is 43.9 Å². The van der Waals surface area contributed by atoms with Gasteiger partial charge in [-0.1, -0.05) is 6.07 Å². The molecule has 2 heterocycles. The molecule has 1 aliphatic heterocycles. The Hall–Kier alpha value is -2.83. The standard InChI is InChI=1S/C19H24N4O3/c1-25-16-5-3-4-15(18(16)26-2)19(24)22-12-14-6-10-23(11-7-14)17-13-20-8-9-21-17/h3-5,8-9,13-14H,6-7,10-12H2,1-2H3,(H,22,24). The van der Waals surface area contributed by atoms with Crippen LogP contribution in [0.1, 0.15) is 23.2 Å². The highest BCUT2D eigenvalue weighted by atomic mass is 16.5. The van der Waals surface area contributed by atoms with Gasteiger partial charge in [-0.05, 0) is 30.9 Å². The molecule has 1 aromatic heterocycles. The fourth-order valence-corrected chi connectivity index (χ4v) is 3.22. The first kappa shape index (κ1) is 18.0. The summed E-state index contributed by atoms with van der Waals surface area (Å²) in [7, 11) is 3.10. The van der Waals surface area contributed by atoms with Crippen LogP contribution in [0, 0.1) is 5.92 Å². The van der Waals surface area contributed by atoms with Gasteiger partial charge >= 0.3 is 0 Å². The maximum Gasteiger partial charge on any atom is 0.255 e. The Bertz CT molecular complexity index is 731. The minimum Gasteiger partial charge on any atom is -0.493 e. The number of hydrogen-bond donors (Lipinski definition) is 1. The molecule has 26 heavy (non-hydrogen) atoms. The summed E-state index contributed by atoms with van der Waals surface area (Å²) in [6.45, 7) is 2.48. The van der Waals surface area contributed by atoms with E-state index in [2.05, 4.69) is 20.2 Å². The van der Waals surface area contributed by atoms with Crippen LogP contribution >= 0.6 is 0 Å². The number of aromatic nitrogens is 2. The Morgan fingerprint density at radius 3 is 2.69 bits per heavy atom. The van der Waals surface area contributed by atoms with Crippen molar-refractivity contribution < 1.29 is 14.3 Å². The van der Waals surface area contributed by atoms with Gasteiger partial charge in [0.2, 0.25) is 0 Å². The first-order valence-electron chi connectivity index (χ1n) is 8.73. The second kappa shape index (κ2) is 8.51. The highest BCUT2D eigenvalue weighted by molar-refractivity contribution is 5.97. The molecule has 3 rings (SSSR count). The molecule has 1 saturated heterocycles. The number of para-hydroxylation sites is 1. The molecule has 7 nitrogen and oxygen atoms in total. The third kappa shape index (κ3) is 4.04. The fraction of sp³-hybridized carbons (Fsp3) is 0.421. The van der Waals surface area contributed by atoms with Crippen LogP contribution in [0.5, 0.6) is 11.5 Å². The van der Waals surface area contributed by atoms with Crippen molar-refractivity contribution in [2.45, 2.75) is 12.8 Å². The Morgan fingerprint density at radius 1 is 1.23 bits per heavy atom. The zero-order valence-electron chi connectivity index (χ0n) is 15.1. The summed E-state index contributed by atoms with van der Waals surface area (Å²) < 4.78 is 10.6. The van der Waals surface area contributed by atoms with E-state index in [0.717, 1.165) is 31.7 Å². The molecule has 0 radical (unpaired) electrons. The van der Waals surface area contributed by atoms with Crippen molar-refractivity contribution in [1.82, 2.24) is 15.3 Å². The number of ether oxygens (including phenoxy) is 2. The van der Waals surface area contributed by atoms with Crippen LogP contribution in [-0.4, -0.2) is 49.7 Å². The Morgan fingerprint density at radius 2 is 2.04 bits per heavy atom. The molecule has 0 aliphatic carbocycles. The molecule has 1 amide bonds. The summed E-state index contributed by atoms with van der Waals surface area (Å²) in [4.78, 5) is 23.2. The van der Waals surface area contributed by atoms with Crippen LogP contribution in [0.4, 0.5) is 5.82 Å². The molecule has 0 unspecified atom stereocenters. The average Bonchev–Trinajstić information content (AvgIpc) is 2.72. The number of nitrogens with one attached hydrogen (secondary N) is 1. The molecule has 0 saturated carbocycles. The zero-order chi connectivity index (χ0) is 18.4. The number of piperidine rings is 1. The third-order valence-electron chi connectivity index (χ3n) is 4.69. The number of methoxy groups -OCH3 is 2. The molecule has 1 aliphatic rings. The highest BCUT2D eigenvalue weighted by Crippen LogP contribution is 2.30. The number of benzene rings is 1. The van der Waals surface area contributed by atoms with Crippen LogP contribution in [0.2, 0.25) is 0 Å². The number of carbonyl (C=O) groups excluding carboxylic acids is 1. The lowest BCUT2D eigenvalue weighted by Gasteiger charge is -2.32. The Balaban J connectivity index is 1.53. The number of nitrogens with zero attached hydrogens (tertiary/aromatic N) is 3. The number of carbonyl (C=O) groups is 1. The van der Waals surface area contributed by atoms with Crippen molar-refractivity contribution >= 4 is 11.7 Å². The number of amides is 1. The molecular formula is C19H24N4O3. The van der Waals surface area contributed by atoms with Crippen molar-refractivity contribution in [3.63, 3.8) is 0 Å². The van der Waals surface area contributed by atoms with Crippen LogP contribution in [0.25, 0.3) is 0 Å². The van der Waals surface area contributed by atoms with Crippen molar-refractivity contribution in [2.24, 2.45) is 5.92 Å². The van der Waals surface area contributed by atoms with Gasteiger partial charge in [-0.3, -0.25) is 9.78 Å². The number of rotatable bonds is 6. The summed E-state index contributed by atoms with van der Waals surface area (Å²) in [5.41, 5.74) is 0.490. The van der Waals surface area contributed by atoms with E-state index in [9.17, 15) is 4.79 Å². The quantitative estimate of drug-likeness (QED) is 0.855. The van der Waals surface area contributed by atoms with Crippen LogP contribution in [0.15, 0.2) is 36.8 Å². The monoisotopic (exact) mass is 356 g/mol. The summed E-state index contributed by atoms with van der Waals surface area (Å²) in [6, 6.07) is 5.31. The largest absolute Gasteiger partial charge is 0.493 e. The van der Waals surface area contributed by atoms with Gasteiger partial charge in [0.1, 0.15) is 5.82 Å². The van der Waals surface area contributed by atoms with Gasteiger partial charge < -0.3 is 19.7 Å². The lowest BCUT2D eigenvalue weighted by molar-refractivity contribution is 0.0941. The molecular weight excluding hydrogens is 332 g/mol. The van der Waals surface area contributed by atoms with Crippen molar-refractivity contribution in [3.05, 3.63) is 42.4 Å². The van der Waals surface area contributed by atoms with E-state index in [4.69, 9.17) is 9.47 Å². The van der Waals surface area contributed by atoms with E-state index < -0.39 is 0 Å². The molecule has 138 valence electrons. The molecule has 7 heteroatoms. The second-order valence-electron chi connectivity index (χ2n) is 6.25. The van der Waals surface area contributed by atoms with Crippen molar-refractivity contribution in [1.29, 1.82) is 0 Å². The SMILES string of the molecule is COc1cccc(C(=O)NCC2CCN(c3cnccn3)CC2)c1OC. The van der Waals surface area contributed by atoms with E-state index in [0.29, 0.717) is 29.5 Å². The smallest absolute Gasteiger partial charge is 0.255 e. The van der Waals surface area contributed by atoms with E-state index in [1.165, 1.54) is 7.11 Å². The molecule has 1 N–H and O–H groups in total. The number of anilines is 1. The second-order valence-corrected chi connectivity index (χ2v) is 6.25. The van der Waals surface area contributed by atoms with Crippen molar-refractivity contribution in [2.75, 3.05) is 38.8 Å². The lowest BCUT2D eigenvalue weighted by atomic mass is 9.96. The van der Waals surface area contributed by atoms with Crippen LogP contribution in [0.3, 0.4) is 0 Å². The zero-order valence-corrected chi connectivity index (χ0v) is 15.1. The minimum absolute atomic E-state index is 0.142. The van der Waals surface area contributed by atoms with Gasteiger partial charge in [0.25, 0.3) is 5.91 Å². The van der Waals surface area contributed by atoms with Gasteiger partial charge in [0.15, 0.2) is 11.5 Å². The molecule has 0 bridgehead atoms. The highest BCUT2D eigenvalue weighted by Gasteiger charge is 2.22. The first-order valence-corrected chi connectivity index (χ1v) is 8.73. The topological polar surface area (TPSA) is 76.6 Å². The summed E-state index contributed by atoms with van der Waals surface area (Å²) >= 11 is 0. The van der Waals surface area contributed by atoms with Crippen LogP contribution < -0.4 is 19.7 Å². The lowest BCUT2D eigenvalue weighted by Crippen LogP contribution is -2.39. The fourth-order valence-electron chi connectivity index (χ4n) is 3.22. The van der Waals surface area contributed by atoms with Gasteiger partial charge in [0.05, 0.1) is 26.0 Å².